The van der Waals surface area contributed by atoms with Crippen LogP contribution in [0.2, 0.25) is 0 Å². The van der Waals surface area contributed by atoms with Crippen LogP contribution in [0.15, 0.2) is 71.3 Å². The van der Waals surface area contributed by atoms with E-state index in [1.165, 1.54) is 0 Å². The Hall–Kier alpha value is -3.34. The third kappa shape index (κ3) is 3.98. The highest BCUT2D eigenvalue weighted by molar-refractivity contribution is 5.96. The largest absolute Gasteiger partial charge is 0.469 e. The molecule has 0 bridgehead atoms. The monoisotopic (exact) mass is 374 g/mol. The summed E-state index contributed by atoms with van der Waals surface area (Å²) < 4.78 is 5.44. The molecular formula is C23H22N2O3. The van der Waals surface area contributed by atoms with Gasteiger partial charge in [0, 0.05) is 17.5 Å². The fourth-order valence-electron chi connectivity index (χ4n) is 3.59. The number of nitrogens with one attached hydrogen (secondary N) is 2. The van der Waals surface area contributed by atoms with Crippen LogP contribution in [0, 0.1) is 0 Å². The van der Waals surface area contributed by atoms with Crippen molar-refractivity contribution in [2.75, 3.05) is 6.54 Å². The molecule has 2 N–H and O–H groups in total. The van der Waals surface area contributed by atoms with E-state index in [1.807, 2.05) is 48.5 Å². The van der Waals surface area contributed by atoms with Gasteiger partial charge in [0.15, 0.2) is 0 Å². The molecule has 0 aliphatic heterocycles. The molecule has 142 valence electrons. The van der Waals surface area contributed by atoms with Gasteiger partial charge in [0.2, 0.25) is 5.91 Å². The Balaban J connectivity index is 1.31. The van der Waals surface area contributed by atoms with Gasteiger partial charge in [-0.2, -0.15) is 0 Å². The van der Waals surface area contributed by atoms with Gasteiger partial charge in [-0.25, -0.2) is 0 Å². The molecule has 1 atom stereocenters. The summed E-state index contributed by atoms with van der Waals surface area (Å²) in [7, 11) is 0. The van der Waals surface area contributed by atoms with Crippen LogP contribution in [0.4, 0.5) is 0 Å². The zero-order chi connectivity index (χ0) is 19.3. The van der Waals surface area contributed by atoms with Gasteiger partial charge in [-0.05, 0) is 42.2 Å². The van der Waals surface area contributed by atoms with Gasteiger partial charge < -0.3 is 15.1 Å². The van der Waals surface area contributed by atoms with Crippen molar-refractivity contribution in [2.45, 2.75) is 25.3 Å². The van der Waals surface area contributed by atoms with Crippen molar-refractivity contribution in [2.24, 2.45) is 0 Å². The van der Waals surface area contributed by atoms with Gasteiger partial charge in [-0.1, -0.05) is 42.5 Å². The van der Waals surface area contributed by atoms with Crippen LogP contribution in [-0.2, 0) is 11.2 Å². The Labute approximate surface area is 163 Å². The van der Waals surface area contributed by atoms with Crippen LogP contribution in [0.3, 0.4) is 0 Å². The van der Waals surface area contributed by atoms with E-state index in [-0.39, 0.29) is 24.4 Å². The molecule has 0 radical (unpaired) electrons. The number of benzene rings is 2. The van der Waals surface area contributed by atoms with E-state index in [4.69, 9.17) is 4.42 Å². The van der Waals surface area contributed by atoms with Gasteiger partial charge in [-0.3, -0.25) is 9.59 Å². The van der Waals surface area contributed by atoms with Crippen LogP contribution in [0.1, 0.15) is 40.6 Å². The SMILES string of the molecule is O=C(CNC(=O)c1ccc(-c2ccccc2)cc1)NC1CCCc2occc21. The topological polar surface area (TPSA) is 71.3 Å². The number of rotatable bonds is 5. The molecule has 0 saturated heterocycles. The van der Waals surface area contributed by atoms with Crippen molar-refractivity contribution in [3.8, 4) is 11.1 Å². The van der Waals surface area contributed by atoms with E-state index in [0.717, 1.165) is 41.7 Å². The number of carbonyl (C=O) groups excluding carboxylic acids is 2. The van der Waals surface area contributed by atoms with E-state index in [0.29, 0.717) is 5.56 Å². The lowest BCUT2D eigenvalue weighted by Gasteiger charge is -2.22. The van der Waals surface area contributed by atoms with Gasteiger partial charge in [0.1, 0.15) is 5.76 Å². The Morgan fingerprint density at radius 3 is 2.50 bits per heavy atom. The van der Waals surface area contributed by atoms with E-state index in [1.54, 1.807) is 18.4 Å². The van der Waals surface area contributed by atoms with E-state index in [9.17, 15) is 9.59 Å². The average Bonchev–Trinajstić information content (AvgIpc) is 3.23. The van der Waals surface area contributed by atoms with Crippen molar-refractivity contribution in [1.29, 1.82) is 0 Å². The van der Waals surface area contributed by atoms with Gasteiger partial charge in [0.05, 0.1) is 18.8 Å². The normalized spacial score (nSPS) is 15.5. The zero-order valence-electron chi connectivity index (χ0n) is 15.5. The lowest BCUT2D eigenvalue weighted by atomic mass is 9.93. The first-order chi connectivity index (χ1) is 13.7. The Kier molecular flexibility index (Phi) is 5.24. The summed E-state index contributed by atoms with van der Waals surface area (Å²) in [5.41, 5.74) is 3.72. The zero-order valence-corrected chi connectivity index (χ0v) is 15.5. The maximum atomic E-state index is 12.3. The molecular weight excluding hydrogens is 352 g/mol. The minimum atomic E-state index is -0.262. The Morgan fingerprint density at radius 2 is 1.71 bits per heavy atom. The molecule has 1 aliphatic carbocycles. The molecule has 4 rings (SSSR count). The summed E-state index contributed by atoms with van der Waals surface area (Å²) in [5, 5.41) is 5.68. The highest BCUT2D eigenvalue weighted by Gasteiger charge is 2.24. The molecule has 0 fully saturated rings. The first-order valence-electron chi connectivity index (χ1n) is 9.50. The maximum absolute atomic E-state index is 12.3. The molecule has 1 heterocycles. The molecule has 1 unspecified atom stereocenters. The molecule has 1 aromatic heterocycles. The second kappa shape index (κ2) is 8.13. The number of furan rings is 1. The number of hydrogen-bond acceptors (Lipinski definition) is 3. The number of amides is 2. The Bertz CT molecular complexity index is 961. The smallest absolute Gasteiger partial charge is 0.251 e. The van der Waals surface area contributed by atoms with Gasteiger partial charge in [-0.15, -0.1) is 0 Å². The minimum Gasteiger partial charge on any atom is -0.469 e. The van der Waals surface area contributed by atoms with Crippen molar-refractivity contribution < 1.29 is 14.0 Å². The lowest BCUT2D eigenvalue weighted by Crippen LogP contribution is -2.39. The number of hydrogen-bond donors (Lipinski definition) is 2. The molecule has 5 nitrogen and oxygen atoms in total. The first kappa shape index (κ1) is 18.0. The summed E-state index contributed by atoms with van der Waals surface area (Å²) in [6.45, 7) is -0.0526. The summed E-state index contributed by atoms with van der Waals surface area (Å²) in [5.74, 6) is 0.481. The standard InChI is InChI=1S/C23H22N2O3/c26-22(25-20-7-4-8-21-19(20)13-14-28-21)15-24-23(27)18-11-9-17(10-12-18)16-5-2-1-3-6-16/h1-3,5-6,9-14,20H,4,7-8,15H2,(H,24,27)(H,25,26). The van der Waals surface area contributed by atoms with Crippen molar-refractivity contribution in [3.63, 3.8) is 0 Å². The molecule has 2 amide bonds. The van der Waals surface area contributed by atoms with Crippen LogP contribution >= 0.6 is 0 Å². The van der Waals surface area contributed by atoms with Crippen LogP contribution in [0.5, 0.6) is 0 Å². The second-order valence-electron chi connectivity index (χ2n) is 6.94. The maximum Gasteiger partial charge on any atom is 0.251 e. The number of fused-ring (bicyclic) bond motifs is 1. The molecule has 1 aliphatic rings. The summed E-state index contributed by atoms with van der Waals surface area (Å²) >= 11 is 0. The first-order valence-corrected chi connectivity index (χ1v) is 9.50. The lowest BCUT2D eigenvalue weighted by molar-refractivity contribution is -0.121. The summed E-state index contributed by atoms with van der Waals surface area (Å²) in [6, 6.07) is 19.2. The third-order valence-corrected chi connectivity index (χ3v) is 5.05. The molecule has 5 heteroatoms. The predicted octanol–water partition coefficient (Wildman–Crippen LogP) is 3.87. The molecule has 0 saturated carbocycles. The predicted molar refractivity (Wildman–Crippen MR) is 107 cm³/mol. The quantitative estimate of drug-likeness (QED) is 0.712. The van der Waals surface area contributed by atoms with Crippen molar-refractivity contribution >= 4 is 11.8 Å². The van der Waals surface area contributed by atoms with Crippen LogP contribution < -0.4 is 10.6 Å². The minimum absolute atomic E-state index is 0.0444. The number of aryl methyl sites for hydroxylation is 1. The third-order valence-electron chi connectivity index (χ3n) is 5.05. The average molecular weight is 374 g/mol. The van der Waals surface area contributed by atoms with Crippen molar-refractivity contribution in [3.05, 3.63) is 83.8 Å². The van der Waals surface area contributed by atoms with E-state index in [2.05, 4.69) is 10.6 Å². The molecule has 3 aromatic rings. The second-order valence-corrected chi connectivity index (χ2v) is 6.94. The van der Waals surface area contributed by atoms with Gasteiger partial charge in [0.25, 0.3) is 5.91 Å². The highest BCUT2D eigenvalue weighted by atomic mass is 16.3. The summed E-state index contributed by atoms with van der Waals surface area (Å²) in [4.78, 5) is 24.6. The van der Waals surface area contributed by atoms with E-state index < -0.39 is 0 Å². The van der Waals surface area contributed by atoms with Crippen LogP contribution in [-0.4, -0.2) is 18.4 Å². The molecule has 2 aromatic carbocycles. The molecule has 0 spiro atoms. The highest BCUT2D eigenvalue weighted by Crippen LogP contribution is 2.30. The Morgan fingerprint density at radius 1 is 0.964 bits per heavy atom. The number of carbonyl (C=O) groups is 2. The summed E-state index contributed by atoms with van der Waals surface area (Å²) in [6.07, 6.45) is 4.43. The van der Waals surface area contributed by atoms with E-state index >= 15 is 0 Å². The van der Waals surface area contributed by atoms with Crippen molar-refractivity contribution in [1.82, 2.24) is 10.6 Å². The van der Waals surface area contributed by atoms with Gasteiger partial charge >= 0.3 is 0 Å². The fourth-order valence-corrected chi connectivity index (χ4v) is 3.59. The fraction of sp³-hybridized carbons (Fsp3) is 0.217. The van der Waals surface area contributed by atoms with Crippen LogP contribution in [0.25, 0.3) is 11.1 Å². The molecule has 28 heavy (non-hydrogen) atoms.